The fraction of sp³-hybridized carbons (Fsp3) is 0.111. The predicted molar refractivity (Wildman–Crippen MR) is 127 cm³/mol. The van der Waals surface area contributed by atoms with Gasteiger partial charge in [-0.25, -0.2) is 4.79 Å². The number of carbonyl (C=O) groups is 1. The molecule has 0 heterocycles. The van der Waals surface area contributed by atoms with E-state index in [9.17, 15) is 10.1 Å². The third kappa shape index (κ3) is 6.44. The molecule has 3 aromatic rings. The van der Waals surface area contributed by atoms with E-state index in [2.05, 4.69) is 32.0 Å². The number of nitriles is 1. The average molecular weight is 428 g/mol. The van der Waals surface area contributed by atoms with Crippen LogP contribution < -0.4 is 4.74 Å². The minimum Gasteiger partial charge on any atom is -0.423 e. The van der Waals surface area contributed by atoms with Crippen LogP contribution in [0, 0.1) is 11.3 Å². The Balaban J connectivity index is 1.71. The van der Waals surface area contributed by atoms with Crippen LogP contribution in [0.5, 0.6) is 5.75 Å². The largest absolute Gasteiger partial charge is 0.423 e. The van der Waals surface area contributed by atoms with Gasteiger partial charge < -0.3 is 4.74 Å². The predicted octanol–water partition coefficient (Wildman–Crippen LogP) is 7.15. The van der Waals surface area contributed by atoms with Gasteiger partial charge in [-0.3, -0.25) is 0 Å². The zero-order chi connectivity index (χ0) is 22.2. The molecule has 0 radical (unpaired) electrons. The second-order valence-electron chi connectivity index (χ2n) is 7.33. The van der Waals surface area contributed by atoms with Crippen molar-refractivity contribution in [1.29, 1.82) is 5.26 Å². The summed E-state index contributed by atoms with van der Waals surface area (Å²) < 4.78 is 5.42. The lowest BCUT2D eigenvalue weighted by Crippen LogP contribution is -2.03. The molecule has 0 aliphatic heterocycles. The fourth-order valence-electron chi connectivity index (χ4n) is 2.98. The smallest absolute Gasteiger partial charge is 0.336 e. The third-order valence-corrected chi connectivity index (χ3v) is 4.89. The van der Waals surface area contributed by atoms with Crippen molar-refractivity contribution in [1.82, 2.24) is 0 Å². The Hall–Kier alpha value is -3.61. The highest BCUT2D eigenvalue weighted by Crippen LogP contribution is 2.23. The normalized spacial score (nSPS) is 11.5. The van der Waals surface area contributed by atoms with Gasteiger partial charge in [-0.15, -0.1) is 0 Å². The number of carbonyl (C=O) groups excluding carboxylic acids is 1. The van der Waals surface area contributed by atoms with Crippen LogP contribution in [-0.4, -0.2) is 5.97 Å². The molecule has 0 N–H and O–H groups in total. The van der Waals surface area contributed by atoms with Gasteiger partial charge in [0.25, 0.3) is 0 Å². The fourth-order valence-corrected chi connectivity index (χ4v) is 3.17. The van der Waals surface area contributed by atoms with Crippen LogP contribution in [0.2, 0.25) is 5.02 Å². The van der Waals surface area contributed by atoms with Gasteiger partial charge in [-0.1, -0.05) is 74.0 Å². The molecule has 0 bridgehead atoms. The summed E-state index contributed by atoms with van der Waals surface area (Å²) in [6.07, 6.45) is 4.86. The van der Waals surface area contributed by atoms with Crippen molar-refractivity contribution in [3.63, 3.8) is 0 Å². The van der Waals surface area contributed by atoms with Gasteiger partial charge in [0.2, 0.25) is 0 Å². The van der Waals surface area contributed by atoms with Crippen molar-refractivity contribution in [3.8, 4) is 11.8 Å². The van der Waals surface area contributed by atoms with E-state index >= 15 is 0 Å². The Labute approximate surface area is 187 Å². The highest BCUT2D eigenvalue weighted by Gasteiger charge is 2.05. The average Bonchev–Trinajstić information content (AvgIpc) is 2.76. The zero-order valence-electron chi connectivity index (χ0n) is 17.4. The highest BCUT2D eigenvalue weighted by molar-refractivity contribution is 6.30. The molecule has 0 saturated carbocycles. The minimum absolute atomic E-state index is 0.405. The lowest BCUT2D eigenvalue weighted by atomic mass is 10.0. The van der Waals surface area contributed by atoms with E-state index in [1.54, 1.807) is 48.6 Å². The second kappa shape index (κ2) is 10.4. The van der Waals surface area contributed by atoms with Crippen molar-refractivity contribution in [2.75, 3.05) is 0 Å². The molecule has 0 aromatic heterocycles. The quantitative estimate of drug-likeness (QED) is 0.138. The van der Waals surface area contributed by atoms with Gasteiger partial charge in [0, 0.05) is 11.1 Å². The van der Waals surface area contributed by atoms with Gasteiger partial charge >= 0.3 is 5.97 Å². The summed E-state index contributed by atoms with van der Waals surface area (Å²) in [5, 5.41) is 10.1. The number of benzene rings is 3. The Morgan fingerprint density at radius 2 is 1.74 bits per heavy atom. The first-order valence-corrected chi connectivity index (χ1v) is 10.3. The topological polar surface area (TPSA) is 50.1 Å². The lowest BCUT2D eigenvalue weighted by Gasteiger charge is -2.05. The molecule has 0 aliphatic carbocycles. The van der Waals surface area contributed by atoms with Crippen LogP contribution in [0.4, 0.5) is 0 Å². The van der Waals surface area contributed by atoms with E-state index in [-0.39, 0.29) is 0 Å². The molecule has 154 valence electrons. The number of halogens is 1. The minimum atomic E-state index is -0.468. The molecular formula is C27H22ClNO2. The standard InChI is InChI=1S/C27H22ClNO2/c1-19(2)22-12-9-20(10-13-22)11-14-27(30)31-26-8-3-5-21(16-26)15-24(18-29)23-6-4-7-25(28)17-23/h3-17,19H,1-2H3/b14-11+,24-15-. The van der Waals surface area contributed by atoms with Crippen molar-refractivity contribution >= 4 is 35.3 Å². The summed E-state index contributed by atoms with van der Waals surface area (Å²) in [4.78, 5) is 12.2. The molecule has 31 heavy (non-hydrogen) atoms. The highest BCUT2D eigenvalue weighted by atomic mass is 35.5. The number of allylic oxidation sites excluding steroid dienone is 1. The lowest BCUT2D eigenvalue weighted by molar-refractivity contribution is -0.128. The Bertz CT molecular complexity index is 1170. The summed E-state index contributed by atoms with van der Waals surface area (Å²) >= 11 is 6.03. The van der Waals surface area contributed by atoms with Crippen molar-refractivity contribution < 1.29 is 9.53 Å². The van der Waals surface area contributed by atoms with Gasteiger partial charge in [0.05, 0.1) is 11.6 Å². The van der Waals surface area contributed by atoms with E-state index in [4.69, 9.17) is 16.3 Å². The molecule has 0 atom stereocenters. The van der Waals surface area contributed by atoms with Crippen LogP contribution in [0.15, 0.2) is 78.9 Å². The SMILES string of the molecule is CC(C)c1ccc(/C=C/C(=O)Oc2cccc(/C=C(/C#N)c3cccc(Cl)c3)c2)cc1. The van der Waals surface area contributed by atoms with E-state index in [1.807, 2.05) is 24.3 Å². The maximum absolute atomic E-state index is 12.2. The summed E-state index contributed by atoms with van der Waals surface area (Å²) in [7, 11) is 0. The van der Waals surface area contributed by atoms with E-state index < -0.39 is 5.97 Å². The summed E-state index contributed by atoms with van der Waals surface area (Å²) in [5.41, 5.74) is 4.12. The third-order valence-electron chi connectivity index (χ3n) is 4.66. The van der Waals surface area contributed by atoms with Gasteiger partial charge in [0.1, 0.15) is 5.75 Å². The molecule has 3 aromatic carbocycles. The van der Waals surface area contributed by atoms with E-state index in [0.717, 1.165) is 16.7 Å². The molecular weight excluding hydrogens is 406 g/mol. The first kappa shape index (κ1) is 22.1. The monoisotopic (exact) mass is 427 g/mol. The number of rotatable bonds is 6. The second-order valence-corrected chi connectivity index (χ2v) is 7.76. The molecule has 3 rings (SSSR count). The maximum Gasteiger partial charge on any atom is 0.336 e. The number of hydrogen-bond acceptors (Lipinski definition) is 3. The molecule has 0 fully saturated rings. The molecule has 0 amide bonds. The first-order chi connectivity index (χ1) is 14.9. The molecule has 0 saturated heterocycles. The molecule has 4 heteroatoms. The van der Waals surface area contributed by atoms with Crippen LogP contribution in [-0.2, 0) is 4.79 Å². The molecule has 0 unspecified atom stereocenters. The Morgan fingerprint density at radius 1 is 1.00 bits per heavy atom. The van der Waals surface area contributed by atoms with E-state index in [1.165, 1.54) is 11.6 Å². The maximum atomic E-state index is 12.2. The molecule has 0 spiro atoms. The van der Waals surface area contributed by atoms with Crippen LogP contribution in [0.3, 0.4) is 0 Å². The van der Waals surface area contributed by atoms with Crippen LogP contribution >= 0.6 is 11.6 Å². The van der Waals surface area contributed by atoms with Crippen molar-refractivity contribution in [2.45, 2.75) is 19.8 Å². The van der Waals surface area contributed by atoms with Crippen LogP contribution in [0.25, 0.3) is 17.7 Å². The van der Waals surface area contributed by atoms with Gasteiger partial charge in [0.15, 0.2) is 0 Å². The van der Waals surface area contributed by atoms with Crippen LogP contribution in [0.1, 0.15) is 42.0 Å². The first-order valence-electron chi connectivity index (χ1n) is 9.92. The Morgan fingerprint density at radius 3 is 2.42 bits per heavy atom. The van der Waals surface area contributed by atoms with Crippen molar-refractivity contribution in [2.24, 2.45) is 0 Å². The number of nitrogens with zero attached hydrogens (tertiary/aromatic N) is 1. The van der Waals surface area contributed by atoms with E-state index in [0.29, 0.717) is 22.3 Å². The number of esters is 1. The zero-order valence-corrected chi connectivity index (χ0v) is 18.1. The van der Waals surface area contributed by atoms with Crippen molar-refractivity contribution in [3.05, 3.63) is 106 Å². The number of ether oxygens (including phenoxy) is 1. The summed E-state index contributed by atoms with van der Waals surface area (Å²) in [6.45, 7) is 4.28. The summed E-state index contributed by atoms with van der Waals surface area (Å²) in [6, 6.07) is 24.4. The molecule has 3 nitrogen and oxygen atoms in total. The summed E-state index contributed by atoms with van der Waals surface area (Å²) in [5.74, 6) is 0.399. The van der Waals surface area contributed by atoms with Gasteiger partial charge in [-0.05, 0) is 64.6 Å². The molecule has 0 aliphatic rings. The number of hydrogen-bond donors (Lipinski definition) is 0. The Kier molecular flexibility index (Phi) is 7.43. The van der Waals surface area contributed by atoms with Gasteiger partial charge in [-0.2, -0.15) is 5.26 Å².